The first-order valence-electron chi connectivity index (χ1n) is 4.12. The molecule has 0 aromatic heterocycles. The standard InChI is InChI=1S/C9H12N2O/c10-8-2-4-9(5-3-8)11-6-1-7-12-11/h2-5H,1,6-7,10H2. The van der Waals surface area contributed by atoms with Crippen LogP contribution in [0.2, 0.25) is 0 Å². The molecule has 64 valence electrons. The molecule has 3 nitrogen and oxygen atoms in total. The van der Waals surface area contributed by atoms with Crippen LogP contribution in [0.1, 0.15) is 6.42 Å². The summed E-state index contributed by atoms with van der Waals surface area (Å²) < 4.78 is 0. The Balaban J connectivity index is 2.17. The molecule has 1 fully saturated rings. The van der Waals surface area contributed by atoms with Gasteiger partial charge in [0.2, 0.25) is 0 Å². The minimum Gasteiger partial charge on any atom is -0.399 e. The van der Waals surface area contributed by atoms with Crippen molar-refractivity contribution in [2.75, 3.05) is 23.9 Å². The van der Waals surface area contributed by atoms with Crippen molar-refractivity contribution in [3.63, 3.8) is 0 Å². The summed E-state index contributed by atoms with van der Waals surface area (Å²) in [4.78, 5) is 5.37. The maximum atomic E-state index is 5.57. The van der Waals surface area contributed by atoms with Crippen LogP contribution in [0.25, 0.3) is 0 Å². The summed E-state index contributed by atoms with van der Waals surface area (Å²) in [6.07, 6.45) is 1.10. The molecule has 0 bridgehead atoms. The fourth-order valence-electron chi connectivity index (χ4n) is 1.29. The summed E-state index contributed by atoms with van der Waals surface area (Å²) in [6, 6.07) is 7.72. The molecule has 0 radical (unpaired) electrons. The Kier molecular flexibility index (Phi) is 1.87. The second kappa shape index (κ2) is 3.03. The minimum absolute atomic E-state index is 0.790. The third-order valence-electron chi connectivity index (χ3n) is 1.93. The van der Waals surface area contributed by atoms with E-state index in [1.165, 1.54) is 0 Å². The first-order chi connectivity index (χ1) is 5.86. The molecular formula is C9H12N2O. The number of nitrogens with two attached hydrogens (primary N) is 1. The Labute approximate surface area is 71.7 Å². The lowest BCUT2D eigenvalue weighted by Crippen LogP contribution is -2.15. The van der Waals surface area contributed by atoms with Crippen LogP contribution in [-0.4, -0.2) is 13.2 Å². The molecule has 12 heavy (non-hydrogen) atoms. The smallest absolute Gasteiger partial charge is 0.0766 e. The first kappa shape index (κ1) is 7.43. The monoisotopic (exact) mass is 164 g/mol. The van der Waals surface area contributed by atoms with Gasteiger partial charge in [-0.3, -0.25) is 9.90 Å². The van der Waals surface area contributed by atoms with Crippen LogP contribution in [0.15, 0.2) is 24.3 Å². The molecule has 1 aliphatic heterocycles. The summed E-state index contributed by atoms with van der Waals surface area (Å²) in [5, 5.41) is 1.90. The number of hydrogen-bond donors (Lipinski definition) is 1. The van der Waals surface area contributed by atoms with Crippen LogP contribution < -0.4 is 10.8 Å². The molecule has 2 rings (SSSR count). The van der Waals surface area contributed by atoms with Crippen LogP contribution in [-0.2, 0) is 4.84 Å². The average Bonchev–Trinajstić information content (AvgIpc) is 2.58. The fraction of sp³-hybridized carbons (Fsp3) is 0.333. The molecule has 1 heterocycles. The number of benzene rings is 1. The van der Waals surface area contributed by atoms with E-state index in [9.17, 15) is 0 Å². The highest BCUT2D eigenvalue weighted by Crippen LogP contribution is 2.19. The second-order valence-electron chi connectivity index (χ2n) is 2.88. The van der Waals surface area contributed by atoms with Crippen molar-refractivity contribution in [3.8, 4) is 0 Å². The third kappa shape index (κ3) is 1.36. The lowest BCUT2D eigenvalue weighted by Gasteiger charge is -2.15. The van der Waals surface area contributed by atoms with Crippen molar-refractivity contribution in [3.05, 3.63) is 24.3 Å². The number of hydroxylamine groups is 1. The number of rotatable bonds is 1. The molecule has 1 aromatic carbocycles. The number of nitrogens with zero attached hydrogens (tertiary/aromatic N) is 1. The highest BCUT2D eigenvalue weighted by atomic mass is 16.7. The fourth-order valence-corrected chi connectivity index (χ4v) is 1.29. The van der Waals surface area contributed by atoms with Gasteiger partial charge in [-0.2, -0.15) is 0 Å². The lowest BCUT2D eigenvalue weighted by molar-refractivity contribution is 0.168. The van der Waals surface area contributed by atoms with Crippen molar-refractivity contribution >= 4 is 11.4 Å². The zero-order valence-electron chi connectivity index (χ0n) is 6.86. The number of anilines is 2. The normalized spacial score (nSPS) is 16.8. The van der Waals surface area contributed by atoms with E-state index in [4.69, 9.17) is 10.6 Å². The summed E-state index contributed by atoms with van der Waals surface area (Å²) >= 11 is 0. The van der Waals surface area contributed by atoms with Gasteiger partial charge < -0.3 is 5.73 Å². The molecule has 1 aromatic rings. The topological polar surface area (TPSA) is 38.5 Å². The van der Waals surface area contributed by atoms with Crippen LogP contribution in [0.4, 0.5) is 11.4 Å². The largest absolute Gasteiger partial charge is 0.399 e. The van der Waals surface area contributed by atoms with Crippen molar-refractivity contribution < 1.29 is 4.84 Å². The van der Waals surface area contributed by atoms with Gasteiger partial charge in [0.25, 0.3) is 0 Å². The quantitative estimate of drug-likeness (QED) is 0.638. The molecule has 0 spiro atoms. The molecule has 0 unspecified atom stereocenters. The first-order valence-corrected chi connectivity index (χ1v) is 4.12. The Bertz CT molecular complexity index is 252. The maximum Gasteiger partial charge on any atom is 0.0766 e. The Morgan fingerprint density at radius 2 is 2.00 bits per heavy atom. The summed E-state index contributed by atoms with van der Waals surface area (Å²) in [5.74, 6) is 0. The van der Waals surface area contributed by atoms with E-state index in [2.05, 4.69) is 0 Å². The summed E-state index contributed by atoms with van der Waals surface area (Å²) in [7, 11) is 0. The van der Waals surface area contributed by atoms with E-state index < -0.39 is 0 Å². The van der Waals surface area contributed by atoms with E-state index in [1.54, 1.807) is 0 Å². The zero-order chi connectivity index (χ0) is 8.39. The van der Waals surface area contributed by atoms with Crippen LogP contribution >= 0.6 is 0 Å². The molecule has 3 heteroatoms. The lowest BCUT2D eigenvalue weighted by atomic mass is 10.3. The van der Waals surface area contributed by atoms with Crippen LogP contribution in [0.3, 0.4) is 0 Å². The van der Waals surface area contributed by atoms with Gasteiger partial charge in [-0.05, 0) is 30.7 Å². The van der Waals surface area contributed by atoms with Crippen LogP contribution in [0, 0.1) is 0 Å². The predicted molar refractivity (Wildman–Crippen MR) is 48.8 cm³/mol. The third-order valence-corrected chi connectivity index (χ3v) is 1.93. The molecule has 1 saturated heterocycles. The Morgan fingerprint density at radius 1 is 1.25 bits per heavy atom. The van der Waals surface area contributed by atoms with E-state index >= 15 is 0 Å². The molecule has 0 saturated carbocycles. The summed E-state index contributed by atoms with van der Waals surface area (Å²) in [6.45, 7) is 1.80. The van der Waals surface area contributed by atoms with Gasteiger partial charge in [0.15, 0.2) is 0 Å². The molecule has 0 aliphatic carbocycles. The maximum absolute atomic E-state index is 5.57. The van der Waals surface area contributed by atoms with E-state index in [0.29, 0.717) is 0 Å². The highest BCUT2D eigenvalue weighted by molar-refractivity contribution is 5.51. The molecule has 1 aliphatic rings. The van der Waals surface area contributed by atoms with Gasteiger partial charge in [-0.15, -0.1) is 0 Å². The van der Waals surface area contributed by atoms with E-state index in [0.717, 1.165) is 30.9 Å². The van der Waals surface area contributed by atoms with Crippen molar-refractivity contribution in [2.24, 2.45) is 0 Å². The minimum atomic E-state index is 0.790. The molecule has 0 amide bonds. The van der Waals surface area contributed by atoms with Gasteiger partial charge >= 0.3 is 0 Å². The predicted octanol–water partition coefficient (Wildman–Crippen LogP) is 1.41. The van der Waals surface area contributed by atoms with Gasteiger partial charge in [0, 0.05) is 12.2 Å². The average molecular weight is 164 g/mol. The van der Waals surface area contributed by atoms with Crippen molar-refractivity contribution in [1.82, 2.24) is 0 Å². The van der Waals surface area contributed by atoms with Crippen LogP contribution in [0.5, 0.6) is 0 Å². The SMILES string of the molecule is Nc1ccc(N2CCCO2)cc1. The van der Waals surface area contributed by atoms with Gasteiger partial charge in [-0.25, -0.2) is 0 Å². The van der Waals surface area contributed by atoms with Crippen molar-refractivity contribution in [1.29, 1.82) is 0 Å². The van der Waals surface area contributed by atoms with E-state index in [1.807, 2.05) is 29.3 Å². The molecule has 0 atom stereocenters. The zero-order valence-corrected chi connectivity index (χ0v) is 6.86. The second-order valence-corrected chi connectivity index (χ2v) is 2.88. The Hall–Kier alpha value is -1.22. The number of nitrogen functional groups attached to an aromatic ring is 1. The van der Waals surface area contributed by atoms with Gasteiger partial charge in [0.05, 0.1) is 12.3 Å². The molecular weight excluding hydrogens is 152 g/mol. The van der Waals surface area contributed by atoms with Gasteiger partial charge in [0.1, 0.15) is 0 Å². The van der Waals surface area contributed by atoms with Crippen molar-refractivity contribution in [2.45, 2.75) is 6.42 Å². The summed E-state index contributed by atoms with van der Waals surface area (Å²) in [5.41, 5.74) is 7.44. The molecule has 2 N–H and O–H groups in total. The highest BCUT2D eigenvalue weighted by Gasteiger charge is 2.12. The number of hydrogen-bond acceptors (Lipinski definition) is 3. The van der Waals surface area contributed by atoms with Gasteiger partial charge in [-0.1, -0.05) is 0 Å². The Morgan fingerprint density at radius 3 is 2.58 bits per heavy atom. The van der Waals surface area contributed by atoms with E-state index in [-0.39, 0.29) is 0 Å².